The van der Waals surface area contributed by atoms with E-state index in [2.05, 4.69) is 25.3 Å². The average Bonchev–Trinajstić information content (AvgIpc) is 2.88. The molecule has 128 valence electrons. The molecule has 0 aliphatic rings. The van der Waals surface area contributed by atoms with E-state index < -0.39 is 0 Å². The van der Waals surface area contributed by atoms with Crippen molar-refractivity contribution in [1.82, 2.24) is 19.7 Å². The highest BCUT2D eigenvalue weighted by Gasteiger charge is 2.15. The summed E-state index contributed by atoms with van der Waals surface area (Å²) in [5, 5.41) is 11.1. The number of H-pyrrole nitrogens is 1. The highest BCUT2D eigenvalue weighted by atomic mass is 16.5. The highest BCUT2D eigenvalue weighted by molar-refractivity contribution is 5.43. The van der Waals surface area contributed by atoms with E-state index in [-0.39, 0.29) is 17.2 Å². The molecule has 0 spiro atoms. The van der Waals surface area contributed by atoms with Gasteiger partial charge in [0.1, 0.15) is 0 Å². The van der Waals surface area contributed by atoms with Crippen molar-refractivity contribution in [2.75, 3.05) is 7.11 Å². The van der Waals surface area contributed by atoms with Gasteiger partial charge in [0.15, 0.2) is 5.69 Å². The zero-order valence-corrected chi connectivity index (χ0v) is 14.4. The van der Waals surface area contributed by atoms with Crippen LogP contribution in [0.3, 0.4) is 0 Å². The number of aromatic amines is 1. The number of aryl methyl sites for hydroxylation is 3. The number of rotatable bonds is 4. The van der Waals surface area contributed by atoms with Gasteiger partial charge in [-0.2, -0.15) is 14.8 Å². The minimum absolute atomic E-state index is 0.196. The van der Waals surface area contributed by atoms with E-state index in [1.807, 2.05) is 31.2 Å². The number of nitrogens with zero attached hydrogens (tertiary/aromatic N) is 5. The van der Waals surface area contributed by atoms with Crippen molar-refractivity contribution in [3.63, 3.8) is 0 Å². The smallest absolute Gasteiger partial charge is 0.301 e. The Hall–Kier alpha value is -3.29. The van der Waals surface area contributed by atoms with Crippen molar-refractivity contribution in [3.05, 3.63) is 57.6 Å². The van der Waals surface area contributed by atoms with Gasteiger partial charge < -0.3 is 4.74 Å². The van der Waals surface area contributed by atoms with Crippen molar-refractivity contribution >= 4 is 11.4 Å². The molecule has 2 aromatic heterocycles. The molecule has 0 radical (unpaired) electrons. The van der Waals surface area contributed by atoms with Crippen LogP contribution in [-0.4, -0.2) is 26.9 Å². The lowest BCUT2D eigenvalue weighted by Gasteiger charge is -2.04. The Morgan fingerprint density at radius 2 is 1.80 bits per heavy atom. The molecule has 1 aromatic carbocycles. The Balaban J connectivity index is 2.00. The Bertz CT molecular complexity index is 985. The second kappa shape index (κ2) is 6.68. The summed E-state index contributed by atoms with van der Waals surface area (Å²) in [6.07, 6.45) is 0. The van der Waals surface area contributed by atoms with Crippen molar-refractivity contribution < 1.29 is 4.74 Å². The van der Waals surface area contributed by atoms with Crippen LogP contribution in [0, 0.1) is 20.8 Å². The maximum atomic E-state index is 12.6. The summed E-state index contributed by atoms with van der Waals surface area (Å²) in [5.74, 6) is 0.575. The van der Waals surface area contributed by atoms with Gasteiger partial charge in [-0.3, -0.25) is 9.89 Å². The molecule has 25 heavy (non-hydrogen) atoms. The van der Waals surface area contributed by atoms with Crippen LogP contribution in [0.5, 0.6) is 5.88 Å². The number of methoxy groups -OCH3 is 1. The van der Waals surface area contributed by atoms with Gasteiger partial charge in [0, 0.05) is 11.8 Å². The number of hydrogen-bond acceptors (Lipinski definition) is 6. The summed E-state index contributed by atoms with van der Waals surface area (Å²) in [6.45, 7) is 5.53. The van der Waals surface area contributed by atoms with Crippen LogP contribution in [0.4, 0.5) is 11.4 Å². The summed E-state index contributed by atoms with van der Waals surface area (Å²) in [5.41, 5.74) is 2.90. The molecule has 0 saturated heterocycles. The lowest BCUT2D eigenvalue weighted by Crippen LogP contribution is -2.17. The van der Waals surface area contributed by atoms with Gasteiger partial charge in [0.25, 0.3) is 5.95 Å². The first-order chi connectivity index (χ1) is 12.0. The zero-order chi connectivity index (χ0) is 18.0. The molecule has 8 nitrogen and oxygen atoms in total. The predicted molar refractivity (Wildman–Crippen MR) is 93.4 cm³/mol. The van der Waals surface area contributed by atoms with Gasteiger partial charge in [-0.1, -0.05) is 17.7 Å². The molecule has 0 aliphatic heterocycles. The fourth-order valence-corrected chi connectivity index (χ4v) is 2.24. The predicted octanol–water partition coefficient (Wildman–Crippen LogP) is 3.30. The molecule has 0 saturated carbocycles. The standard InChI is InChI=1S/C17H18N6O2/c1-10-5-7-13(8-6-10)20-21-15-12(3)22-23(16(15)24)17-18-11(2)9-14(19-17)25-4/h5-9,22H,1-4H3. The quantitative estimate of drug-likeness (QED) is 0.738. The number of benzene rings is 1. The molecular formula is C17H18N6O2. The van der Waals surface area contributed by atoms with Gasteiger partial charge >= 0.3 is 5.56 Å². The molecule has 0 atom stereocenters. The van der Waals surface area contributed by atoms with E-state index in [9.17, 15) is 4.79 Å². The van der Waals surface area contributed by atoms with Crippen LogP contribution in [0.1, 0.15) is 17.0 Å². The van der Waals surface area contributed by atoms with E-state index >= 15 is 0 Å². The third kappa shape index (κ3) is 3.47. The van der Waals surface area contributed by atoms with Crippen molar-refractivity contribution in [2.24, 2.45) is 10.2 Å². The fraction of sp³-hybridized carbons (Fsp3) is 0.235. The molecule has 3 aromatic rings. The number of nitrogens with one attached hydrogen (secondary N) is 1. The lowest BCUT2D eigenvalue weighted by molar-refractivity contribution is 0.395. The van der Waals surface area contributed by atoms with E-state index in [0.29, 0.717) is 23.0 Å². The normalized spacial score (nSPS) is 11.2. The first-order valence-corrected chi connectivity index (χ1v) is 7.68. The summed E-state index contributed by atoms with van der Waals surface area (Å²) < 4.78 is 6.36. The second-order valence-electron chi connectivity index (χ2n) is 5.61. The molecule has 0 bridgehead atoms. The van der Waals surface area contributed by atoms with Crippen LogP contribution < -0.4 is 10.3 Å². The fourth-order valence-electron chi connectivity index (χ4n) is 2.24. The Morgan fingerprint density at radius 3 is 2.48 bits per heavy atom. The van der Waals surface area contributed by atoms with E-state index in [1.54, 1.807) is 19.9 Å². The minimum Gasteiger partial charge on any atom is -0.481 e. The van der Waals surface area contributed by atoms with Crippen LogP contribution >= 0.6 is 0 Å². The second-order valence-corrected chi connectivity index (χ2v) is 5.61. The monoisotopic (exact) mass is 338 g/mol. The van der Waals surface area contributed by atoms with Gasteiger partial charge in [-0.05, 0) is 32.9 Å². The Labute approximate surface area is 144 Å². The Morgan fingerprint density at radius 1 is 1.08 bits per heavy atom. The van der Waals surface area contributed by atoms with Gasteiger partial charge in [-0.25, -0.2) is 4.98 Å². The molecule has 0 amide bonds. The molecule has 1 N–H and O–H groups in total. The first kappa shape index (κ1) is 16.6. The number of ether oxygens (including phenoxy) is 1. The summed E-state index contributed by atoms with van der Waals surface area (Å²) in [4.78, 5) is 21.1. The van der Waals surface area contributed by atoms with Crippen molar-refractivity contribution in [1.29, 1.82) is 0 Å². The third-order valence-electron chi connectivity index (χ3n) is 3.57. The highest BCUT2D eigenvalue weighted by Crippen LogP contribution is 2.19. The molecule has 8 heteroatoms. The van der Waals surface area contributed by atoms with E-state index in [0.717, 1.165) is 5.56 Å². The van der Waals surface area contributed by atoms with Crippen LogP contribution in [-0.2, 0) is 0 Å². The van der Waals surface area contributed by atoms with Crippen LogP contribution in [0.15, 0.2) is 45.4 Å². The van der Waals surface area contributed by atoms with E-state index in [1.165, 1.54) is 11.8 Å². The molecule has 3 rings (SSSR count). The van der Waals surface area contributed by atoms with Gasteiger partial charge in [0.2, 0.25) is 5.88 Å². The molecule has 2 heterocycles. The molecule has 0 aliphatic carbocycles. The lowest BCUT2D eigenvalue weighted by atomic mass is 10.2. The average molecular weight is 338 g/mol. The molecular weight excluding hydrogens is 320 g/mol. The largest absolute Gasteiger partial charge is 0.481 e. The maximum absolute atomic E-state index is 12.6. The maximum Gasteiger partial charge on any atom is 0.301 e. The molecule has 0 fully saturated rings. The summed E-state index contributed by atoms with van der Waals surface area (Å²) >= 11 is 0. The minimum atomic E-state index is -0.374. The molecule has 0 unspecified atom stereocenters. The topological polar surface area (TPSA) is 97.5 Å². The van der Waals surface area contributed by atoms with Crippen LogP contribution in [0.2, 0.25) is 0 Å². The van der Waals surface area contributed by atoms with Crippen molar-refractivity contribution in [2.45, 2.75) is 20.8 Å². The van der Waals surface area contributed by atoms with Gasteiger partial charge in [0.05, 0.1) is 18.5 Å². The SMILES string of the molecule is COc1cc(C)nc(-n2[nH]c(C)c(N=Nc3ccc(C)cc3)c2=O)n1. The number of azo groups is 1. The zero-order valence-electron chi connectivity index (χ0n) is 14.4. The third-order valence-corrected chi connectivity index (χ3v) is 3.57. The number of hydrogen-bond donors (Lipinski definition) is 1. The first-order valence-electron chi connectivity index (χ1n) is 7.68. The van der Waals surface area contributed by atoms with Crippen LogP contribution in [0.25, 0.3) is 5.95 Å². The Kier molecular flexibility index (Phi) is 4.42. The summed E-state index contributed by atoms with van der Waals surface area (Å²) in [6, 6.07) is 9.23. The van der Waals surface area contributed by atoms with Crippen molar-refractivity contribution in [3.8, 4) is 11.8 Å². The van der Waals surface area contributed by atoms with Gasteiger partial charge in [-0.15, -0.1) is 5.11 Å². The summed E-state index contributed by atoms with van der Waals surface area (Å²) in [7, 11) is 1.51. The number of aromatic nitrogens is 4. The van der Waals surface area contributed by atoms with E-state index in [4.69, 9.17) is 4.74 Å².